The maximum Gasteiger partial charge on any atom is 0.410 e. The lowest BCUT2D eigenvalue weighted by Crippen LogP contribution is -2.43. The van der Waals surface area contributed by atoms with E-state index in [0.717, 1.165) is 0 Å². The molecule has 2 rings (SSSR count). The number of piperidine rings is 1. The minimum absolute atomic E-state index is 0.0686. The van der Waals surface area contributed by atoms with Gasteiger partial charge in [-0.3, -0.25) is 4.79 Å². The summed E-state index contributed by atoms with van der Waals surface area (Å²) >= 11 is 0. The van der Waals surface area contributed by atoms with Gasteiger partial charge in [0.15, 0.2) is 5.78 Å². The summed E-state index contributed by atoms with van der Waals surface area (Å²) in [7, 11) is 0. The number of benzene rings is 1. The maximum atomic E-state index is 14.1. The van der Waals surface area contributed by atoms with E-state index < -0.39 is 24.2 Å². The van der Waals surface area contributed by atoms with E-state index in [9.17, 15) is 18.4 Å². The predicted octanol–water partition coefficient (Wildman–Crippen LogP) is 4.13. The van der Waals surface area contributed by atoms with Crippen LogP contribution in [0.5, 0.6) is 0 Å². The topological polar surface area (TPSA) is 46.6 Å². The number of likely N-dealkylation sites (tertiary alicyclic amines) is 1. The number of nitrogens with zero attached hydrogens (tertiary/aromatic N) is 1. The Kier molecular flexibility index (Phi) is 5.57. The largest absolute Gasteiger partial charge is 0.444 e. The number of amides is 1. The van der Waals surface area contributed by atoms with Crippen molar-refractivity contribution in [2.24, 2.45) is 5.92 Å². The van der Waals surface area contributed by atoms with Crippen molar-refractivity contribution in [2.45, 2.75) is 45.9 Å². The Balaban J connectivity index is 2.00. The van der Waals surface area contributed by atoms with Crippen molar-refractivity contribution >= 4 is 11.9 Å². The zero-order valence-electron chi connectivity index (χ0n) is 14.3. The van der Waals surface area contributed by atoms with Gasteiger partial charge in [-0.1, -0.05) is 12.1 Å². The third kappa shape index (κ3) is 4.30. The third-order valence-electron chi connectivity index (χ3n) is 4.01. The van der Waals surface area contributed by atoms with Gasteiger partial charge in [0.2, 0.25) is 0 Å². The number of carbonyl (C=O) groups is 2. The van der Waals surface area contributed by atoms with Gasteiger partial charge in [0.1, 0.15) is 18.1 Å². The molecule has 0 saturated carbocycles. The molecule has 0 radical (unpaired) electrons. The fourth-order valence-electron chi connectivity index (χ4n) is 2.74. The molecule has 1 heterocycles. The van der Waals surface area contributed by atoms with Crippen LogP contribution in [0.1, 0.15) is 49.5 Å². The Morgan fingerprint density at radius 1 is 1.25 bits per heavy atom. The number of hydrogen-bond donors (Lipinski definition) is 0. The van der Waals surface area contributed by atoms with E-state index >= 15 is 0 Å². The van der Waals surface area contributed by atoms with Gasteiger partial charge in [-0.25, -0.2) is 13.6 Å². The standard InChI is InChI=1S/C18H23F2NO3/c1-18(2,3)24-17(23)21-9-7-12(8-10-21)16(22)14-6-4-5-13(11-19)15(14)20/h4-6,12H,7-11H2,1-3H3. The van der Waals surface area contributed by atoms with Crippen molar-refractivity contribution in [3.05, 3.63) is 35.1 Å². The molecule has 0 N–H and O–H groups in total. The minimum atomic E-state index is -0.940. The summed E-state index contributed by atoms with van der Waals surface area (Å²) in [5, 5.41) is 0. The van der Waals surface area contributed by atoms with Crippen LogP contribution in [0.25, 0.3) is 0 Å². The molecule has 0 aliphatic carbocycles. The zero-order chi connectivity index (χ0) is 17.9. The van der Waals surface area contributed by atoms with Crippen LogP contribution in [-0.4, -0.2) is 35.5 Å². The minimum Gasteiger partial charge on any atom is -0.444 e. The molecule has 0 atom stereocenters. The molecule has 1 saturated heterocycles. The monoisotopic (exact) mass is 339 g/mol. The second-order valence-corrected chi connectivity index (χ2v) is 7.02. The molecule has 24 heavy (non-hydrogen) atoms. The number of halogens is 2. The fourth-order valence-corrected chi connectivity index (χ4v) is 2.74. The van der Waals surface area contributed by atoms with Crippen LogP contribution in [0.2, 0.25) is 0 Å². The smallest absolute Gasteiger partial charge is 0.410 e. The van der Waals surface area contributed by atoms with Crippen LogP contribution in [0, 0.1) is 11.7 Å². The van der Waals surface area contributed by atoms with Gasteiger partial charge in [0.05, 0.1) is 5.56 Å². The van der Waals surface area contributed by atoms with Gasteiger partial charge in [-0.15, -0.1) is 0 Å². The van der Waals surface area contributed by atoms with E-state index in [1.165, 1.54) is 18.2 Å². The van der Waals surface area contributed by atoms with E-state index in [4.69, 9.17) is 4.74 Å². The molecule has 4 nitrogen and oxygen atoms in total. The van der Waals surface area contributed by atoms with Gasteiger partial charge in [0, 0.05) is 24.6 Å². The van der Waals surface area contributed by atoms with E-state index in [1.807, 2.05) is 0 Å². The highest BCUT2D eigenvalue weighted by Gasteiger charge is 2.31. The first-order valence-electron chi connectivity index (χ1n) is 8.08. The van der Waals surface area contributed by atoms with Crippen LogP contribution in [0.4, 0.5) is 13.6 Å². The van der Waals surface area contributed by atoms with Crippen molar-refractivity contribution in [1.82, 2.24) is 4.90 Å². The Bertz CT molecular complexity index is 617. The van der Waals surface area contributed by atoms with Crippen LogP contribution in [-0.2, 0) is 11.4 Å². The van der Waals surface area contributed by atoms with E-state index in [-0.39, 0.29) is 22.8 Å². The average molecular weight is 339 g/mol. The highest BCUT2D eigenvalue weighted by atomic mass is 19.1. The van der Waals surface area contributed by atoms with Crippen molar-refractivity contribution in [2.75, 3.05) is 13.1 Å². The summed E-state index contributed by atoms with van der Waals surface area (Å²) in [4.78, 5) is 26.1. The normalized spacial score (nSPS) is 16.1. The molecular weight excluding hydrogens is 316 g/mol. The van der Waals surface area contributed by atoms with Crippen LogP contribution in [0.15, 0.2) is 18.2 Å². The van der Waals surface area contributed by atoms with Crippen LogP contribution >= 0.6 is 0 Å². The summed E-state index contributed by atoms with van der Waals surface area (Å²) in [5.74, 6) is -1.47. The number of ether oxygens (including phenoxy) is 1. The van der Waals surface area contributed by atoms with Gasteiger partial charge in [-0.2, -0.15) is 0 Å². The van der Waals surface area contributed by atoms with E-state index in [1.54, 1.807) is 25.7 Å². The second-order valence-electron chi connectivity index (χ2n) is 7.02. The van der Waals surface area contributed by atoms with Crippen molar-refractivity contribution in [3.8, 4) is 0 Å². The molecular formula is C18H23F2NO3. The first-order chi connectivity index (χ1) is 11.2. The number of rotatable bonds is 3. The van der Waals surface area contributed by atoms with Crippen molar-refractivity contribution in [1.29, 1.82) is 0 Å². The van der Waals surface area contributed by atoms with Crippen molar-refractivity contribution < 1.29 is 23.1 Å². The molecule has 1 aromatic carbocycles. The molecule has 0 unspecified atom stereocenters. The van der Waals surface area contributed by atoms with E-state index in [2.05, 4.69) is 0 Å². The molecule has 0 aromatic heterocycles. The Hall–Kier alpha value is -1.98. The summed E-state index contributed by atoms with van der Waals surface area (Å²) in [5.41, 5.74) is -0.743. The number of alkyl halides is 1. The second kappa shape index (κ2) is 7.28. The highest BCUT2D eigenvalue weighted by molar-refractivity contribution is 5.98. The fraction of sp³-hybridized carbons (Fsp3) is 0.556. The number of carbonyl (C=O) groups excluding carboxylic acids is 2. The first-order valence-corrected chi connectivity index (χ1v) is 8.08. The summed E-state index contributed by atoms with van der Waals surface area (Å²) in [6, 6.07) is 4.20. The zero-order valence-corrected chi connectivity index (χ0v) is 14.3. The number of ketones is 1. The van der Waals surface area contributed by atoms with Crippen molar-refractivity contribution in [3.63, 3.8) is 0 Å². The molecule has 0 bridgehead atoms. The summed E-state index contributed by atoms with van der Waals surface area (Å²) in [6.07, 6.45) is 0.480. The Labute approximate surface area is 140 Å². The third-order valence-corrected chi connectivity index (χ3v) is 4.01. The Morgan fingerprint density at radius 3 is 2.42 bits per heavy atom. The van der Waals surface area contributed by atoms with Gasteiger partial charge < -0.3 is 9.64 Å². The summed E-state index contributed by atoms with van der Waals surface area (Å²) < 4.78 is 32.2. The molecule has 1 aromatic rings. The number of hydrogen-bond acceptors (Lipinski definition) is 3. The molecule has 1 aliphatic rings. The predicted molar refractivity (Wildman–Crippen MR) is 86.1 cm³/mol. The average Bonchev–Trinajstić information content (AvgIpc) is 2.53. The quantitative estimate of drug-likeness (QED) is 0.778. The molecule has 0 spiro atoms. The molecule has 1 amide bonds. The lowest BCUT2D eigenvalue weighted by molar-refractivity contribution is 0.0182. The Morgan fingerprint density at radius 2 is 1.88 bits per heavy atom. The van der Waals surface area contributed by atoms with E-state index in [0.29, 0.717) is 25.9 Å². The van der Waals surface area contributed by atoms with Crippen LogP contribution < -0.4 is 0 Å². The number of Topliss-reactive ketones (excluding diaryl/α,β-unsaturated/α-hetero) is 1. The molecule has 6 heteroatoms. The molecule has 132 valence electrons. The van der Waals surface area contributed by atoms with Crippen LogP contribution in [0.3, 0.4) is 0 Å². The first kappa shape index (κ1) is 18.4. The van der Waals surface area contributed by atoms with Gasteiger partial charge in [0.25, 0.3) is 0 Å². The van der Waals surface area contributed by atoms with Gasteiger partial charge >= 0.3 is 6.09 Å². The maximum absolute atomic E-state index is 14.1. The SMILES string of the molecule is CC(C)(C)OC(=O)N1CCC(C(=O)c2cccc(CF)c2F)CC1. The highest BCUT2D eigenvalue weighted by Crippen LogP contribution is 2.25. The lowest BCUT2D eigenvalue weighted by Gasteiger charge is -2.33. The lowest BCUT2D eigenvalue weighted by atomic mass is 9.88. The molecule has 1 aliphatic heterocycles. The van der Waals surface area contributed by atoms with Gasteiger partial charge in [-0.05, 0) is 39.7 Å². The summed E-state index contributed by atoms with van der Waals surface area (Å²) in [6.45, 7) is 5.21. The molecule has 1 fully saturated rings.